The van der Waals surface area contributed by atoms with Crippen LogP contribution in [0.15, 0.2) is 59.8 Å². The van der Waals surface area contributed by atoms with Crippen molar-refractivity contribution in [2.24, 2.45) is 0 Å². The maximum atomic E-state index is 12.6. The highest BCUT2D eigenvalue weighted by molar-refractivity contribution is 7.99. The van der Waals surface area contributed by atoms with Crippen LogP contribution in [0.3, 0.4) is 0 Å². The van der Waals surface area contributed by atoms with Gasteiger partial charge in [0.05, 0.1) is 34.6 Å². The van der Waals surface area contributed by atoms with Crippen LogP contribution < -0.4 is 10.1 Å². The van der Waals surface area contributed by atoms with Crippen LogP contribution in [-0.2, 0) is 11.3 Å². The van der Waals surface area contributed by atoms with Crippen LogP contribution in [0, 0.1) is 0 Å². The molecule has 2 aromatic carbocycles. The lowest BCUT2D eigenvalue weighted by molar-refractivity contribution is -0.274. The third kappa shape index (κ3) is 5.17. The van der Waals surface area contributed by atoms with E-state index in [9.17, 15) is 22.8 Å². The number of hydrogen-bond donors (Lipinski definition) is 2. The molecule has 0 fully saturated rings. The summed E-state index contributed by atoms with van der Waals surface area (Å²) in [6.45, 7) is -0.0851. The van der Waals surface area contributed by atoms with Crippen molar-refractivity contribution in [3.8, 4) is 5.75 Å². The van der Waals surface area contributed by atoms with Gasteiger partial charge in [0.1, 0.15) is 5.75 Å². The Morgan fingerprint density at radius 2 is 1.85 bits per heavy atom. The number of nitrogens with one attached hydrogen (secondary N) is 1. The molecule has 0 radical (unpaired) electrons. The molecule has 170 valence electrons. The number of alkyl halides is 3. The van der Waals surface area contributed by atoms with Crippen LogP contribution in [0.2, 0.25) is 0 Å². The predicted molar refractivity (Wildman–Crippen MR) is 113 cm³/mol. The van der Waals surface area contributed by atoms with Crippen LogP contribution in [0.1, 0.15) is 16.1 Å². The van der Waals surface area contributed by atoms with Gasteiger partial charge >= 0.3 is 12.3 Å². The normalized spacial score (nSPS) is 11.6. The Kier molecular flexibility index (Phi) is 6.09. The quantitative estimate of drug-likeness (QED) is 0.308. The van der Waals surface area contributed by atoms with E-state index in [0.717, 1.165) is 23.2 Å². The Bertz CT molecular complexity index is 1360. The number of thioether (sulfide) groups is 1. The summed E-state index contributed by atoms with van der Waals surface area (Å²) in [5.41, 5.74) is 1.43. The van der Waals surface area contributed by atoms with Gasteiger partial charge in [-0.1, -0.05) is 42.1 Å². The van der Waals surface area contributed by atoms with E-state index in [4.69, 9.17) is 5.11 Å². The molecule has 0 atom stereocenters. The van der Waals surface area contributed by atoms with E-state index >= 15 is 0 Å². The van der Waals surface area contributed by atoms with Crippen molar-refractivity contribution >= 4 is 40.1 Å². The molecule has 0 bridgehead atoms. The largest absolute Gasteiger partial charge is 0.573 e. The van der Waals surface area contributed by atoms with Crippen LogP contribution in [0.5, 0.6) is 5.75 Å². The molecule has 8 nitrogen and oxygen atoms in total. The average Bonchev–Trinajstić information content (AvgIpc) is 3.20. The topological polar surface area (TPSA) is 106 Å². The molecule has 0 saturated carbocycles. The Labute approximate surface area is 188 Å². The molecule has 0 aliphatic heterocycles. The second-order valence-corrected chi connectivity index (χ2v) is 7.70. The van der Waals surface area contributed by atoms with E-state index in [1.54, 1.807) is 18.2 Å². The molecule has 0 spiro atoms. The van der Waals surface area contributed by atoms with Gasteiger partial charge in [-0.25, -0.2) is 9.50 Å². The first-order valence-corrected chi connectivity index (χ1v) is 10.4. The smallest absolute Gasteiger partial charge is 0.481 e. The number of carboxylic acid groups (broad SMARTS) is 1. The number of carbonyl (C=O) groups is 2. The molecule has 2 N–H and O–H groups in total. The minimum Gasteiger partial charge on any atom is -0.481 e. The minimum absolute atomic E-state index is 0.0851. The summed E-state index contributed by atoms with van der Waals surface area (Å²) >= 11 is 0.994. The number of aliphatic carboxylic acids is 1. The lowest BCUT2D eigenvalue weighted by Gasteiger charge is -2.12. The van der Waals surface area contributed by atoms with Crippen LogP contribution in [0.4, 0.5) is 13.2 Å². The van der Waals surface area contributed by atoms with Gasteiger partial charge in [0.2, 0.25) is 0 Å². The molecule has 33 heavy (non-hydrogen) atoms. The van der Waals surface area contributed by atoms with Gasteiger partial charge < -0.3 is 15.2 Å². The van der Waals surface area contributed by atoms with Crippen molar-refractivity contribution in [2.45, 2.75) is 18.1 Å². The molecule has 1 amide bonds. The maximum absolute atomic E-state index is 12.6. The summed E-state index contributed by atoms with van der Waals surface area (Å²) in [5.74, 6) is -2.61. The molecular formula is C21H15F3N4O4S. The van der Waals surface area contributed by atoms with Crippen LogP contribution >= 0.6 is 11.8 Å². The first-order chi connectivity index (χ1) is 15.7. The molecule has 0 saturated heterocycles. The number of fused-ring (bicyclic) bond motifs is 3. The number of amides is 1. The number of carbonyl (C=O) groups excluding carboxylic acids is 1. The maximum Gasteiger partial charge on any atom is 0.573 e. The van der Waals surface area contributed by atoms with Crippen LogP contribution in [-0.4, -0.2) is 43.7 Å². The fourth-order valence-corrected chi connectivity index (χ4v) is 3.82. The zero-order chi connectivity index (χ0) is 23.6. The monoisotopic (exact) mass is 476 g/mol. The minimum atomic E-state index is -4.93. The zero-order valence-corrected chi connectivity index (χ0v) is 17.5. The van der Waals surface area contributed by atoms with Gasteiger partial charge in [-0.05, 0) is 24.3 Å². The Hall–Kier alpha value is -3.80. The van der Waals surface area contributed by atoms with Crippen LogP contribution in [0.25, 0.3) is 16.4 Å². The molecule has 2 aromatic heterocycles. The van der Waals surface area contributed by atoms with Gasteiger partial charge in [0, 0.05) is 5.39 Å². The SMILES string of the molecule is O=C(O)CSc1nc2ccccc2c2cc(CNC(=O)c3ccccc3OC(F)(F)F)nn12. The highest BCUT2D eigenvalue weighted by Crippen LogP contribution is 2.27. The number of ether oxygens (including phenoxy) is 1. The summed E-state index contributed by atoms with van der Waals surface area (Å²) in [7, 11) is 0. The zero-order valence-electron chi connectivity index (χ0n) is 16.7. The second-order valence-electron chi connectivity index (χ2n) is 6.75. The van der Waals surface area contributed by atoms with E-state index in [1.807, 2.05) is 12.1 Å². The third-order valence-corrected chi connectivity index (χ3v) is 5.36. The number of nitrogens with zero attached hydrogens (tertiary/aromatic N) is 3. The third-order valence-electron chi connectivity index (χ3n) is 4.45. The lowest BCUT2D eigenvalue weighted by atomic mass is 10.2. The number of para-hydroxylation sites is 2. The van der Waals surface area contributed by atoms with Crippen molar-refractivity contribution in [2.75, 3.05) is 5.75 Å². The summed E-state index contributed by atoms with van der Waals surface area (Å²) in [5, 5.41) is 17.1. The van der Waals surface area contributed by atoms with E-state index < -0.39 is 24.0 Å². The van der Waals surface area contributed by atoms with Gasteiger partial charge in [-0.3, -0.25) is 9.59 Å². The number of benzene rings is 2. The van der Waals surface area contributed by atoms with Crippen molar-refractivity contribution in [3.63, 3.8) is 0 Å². The average molecular weight is 476 g/mol. The van der Waals surface area contributed by atoms with Gasteiger partial charge in [0.15, 0.2) is 5.16 Å². The Morgan fingerprint density at radius 1 is 1.12 bits per heavy atom. The predicted octanol–water partition coefficient (Wildman–Crippen LogP) is 3.89. The molecule has 4 aromatic rings. The number of halogens is 3. The molecule has 0 aliphatic carbocycles. The fraction of sp³-hybridized carbons (Fsp3) is 0.143. The van der Waals surface area contributed by atoms with Gasteiger partial charge in [-0.15, -0.1) is 13.2 Å². The molecule has 0 unspecified atom stereocenters. The van der Waals surface area contributed by atoms with E-state index in [0.29, 0.717) is 21.9 Å². The van der Waals surface area contributed by atoms with Crippen molar-refractivity contribution in [1.29, 1.82) is 0 Å². The molecular weight excluding hydrogens is 461 g/mol. The number of aromatic nitrogens is 3. The fourth-order valence-electron chi connectivity index (χ4n) is 3.15. The second kappa shape index (κ2) is 8.98. The molecule has 4 rings (SSSR count). The summed E-state index contributed by atoms with van der Waals surface area (Å²) in [6, 6.07) is 14.0. The van der Waals surface area contributed by atoms with Crippen molar-refractivity contribution < 1.29 is 32.6 Å². The number of rotatable bonds is 7. The van der Waals surface area contributed by atoms with E-state index in [1.165, 1.54) is 22.7 Å². The number of hydrogen-bond acceptors (Lipinski definition) is 6. The summed E-state index contributed by atoms with van der Waals surface area (Å²) < 4.78 is 43.3. The molecule has 0 aliphatic rings. The highest BCUT2D eigenvalue weighted by Gasteiger charge is 2.32. The van der Waals surface area contributed by atoms with E-state index in [2.05, 4.69) is 20.1 Å². The summed E-state index contributed by atoms with van der Waals surface area (Å²) in [6.07, 6.45) is -4.93. The highest BCUT2D eigenvalue weighted by atomic mass is 32.2. The lowest BCUT2D eigenvalue weighted by Crippen LogP contribution is -2.25. The van der Waals surface area contributed by atoms with Crippen molar-refractivity contribution in [3.05, 3.63) is 65.9 Å². The Balaban J connectivity index is 1.61. The summed E-state index contributed by atoms with van der Waals surface area (Å²) in [4.78, 5) is 28.0. The molecule has 12 heteroatoms. The first-order valence-electron chi connectivity index (χ1n) is 9.46. The van der Waals surface area contributed by atoms with Gasteiger partial charge in [-0.2, -0.15) is 5.10 Å². The first kappa shape index (κ1) is 22.4. The Morgan fingerprint density at radius 3 is 2.61 bits per heavy atom. The number of carboxylic acids is 1. The van der Waals surface area contributed by atoms with E-state index in [-0.39, 0.29) is 17.9 Å². The van der Waals surface area contributed by atoms with Crippen molar-refractivity contribution in [1.82, 2.24) is 19.9 Å². The molecule has 2 heterocycles. The standard InChI is InChI=1S/C21H15F3N4O4S/c22-21(23,24)32-17-8-4-2-6-14(17)19(31)25-10-12-9-16-13-5-1-3-7-15(13)26-20(28(16)27-12)33-11-18(29)30/h1-9H,10-11H2,(H,25,31)(H,29,30). The van der Waals surface area contributed by atoms with Gasteiger partial charge in [0.25, 0.3) is 5.91 Å².